The van der Waals surface area contributed by atoms with Crippen molar-refractivity contribution in [2.45, 2.75) is 6.04 Å². The summed E-state index contributed by atoms with van der Waals surface area (Å²) >= 11 is 0. The van der Waals surface area contributed by atoms with Crippen LogP contribution >= 0.6 is 0 Å². The molecule has 0 bridgehead atoms. The van der Waals surface area contributed by atoms with Crippen LogP contribution in [0.2, 0.25) is 0 Å². The third-order valence-corrected chi connectivity index (χ3v) is 3.39. The van der Waals surface area contributed by atoms with E-state index in [9.17, 15) is 9.59 Å². The second-order valence-corrected chi connectivity index (χ2v) is 4.77. The van der Waals surface area contributed by atoms with Gasteiger partial charge >= 0.3 is 6.03 Å². The van der Waals surface area contributed by atoms with E-state index in [4.69, 9.17) is 5.11 Å². The van der Waals surface area contributed by atoms with Gasteiger partial charge in [-0.2, -0.15) is 0 Å². The van der Waals surface area contributed by atoms with Gasteiger partial charge in [0.2, 0.25) is 0 Å². The molecule has 21 heavy (non-hydrogen) atoms. The van der Waals surface area contributed by atoms with Gasteiger partial charge in [-0.25, -0.2) is 14.7 Å². The third-order valence-electron chi connectivity index (χ3n) is 3.39. The Morgan fingerprint density at radius 3 is 2.81 bits per heavy atom. The molecule has 0 aliphatic carbocycles. The quantitative estimate of drug-likeness (QED) is 0.805. The van der Waals surface area contributed by atoms with Crippen molar-refractivity contribution in [2.24, 2.45) is 7.05 Å². The molecule has 3 rings (SSSR count). The molecule has 1 aromatic heterocycles. The summed E-state index contributed by atoms with van der Waals surface area (Å²) in [5.74, 6) is 0.280. The van der Waals surface area contributed by atoms with Crippen LogP contribution in [0.5, 0.6) is 0 Å². The maximum atomic E-state index is 12.1. The molecule has 0 radical (unpaired) electrons. The highest BCUT2D eigenvalue weighted by atomic mass is 16.3. The summed E-state index contributed by atoms with van der Waals surface area (Å²) in [6.07, 6.45) is 3.50. The van der Waals surface area contributed by atoms with Crippen molar-refractivity contribution in [3.63, 3.8) is 0 Å². The minimum Gasteiger partial charge on any atom is -0.394 e. The normalized spacial score (nSPS) is 18.2. The molecule has 1 aliphatic heterocycles. The van der Waals surface area contributed by atoms with Gasteiger partial charge in [-0.15, -0.1) is 0 Å². The third kappa shape index (κ3) is 2.17. The van der Waals surface area contributed by atoms with Crippen LogP contribution in [0.1, 0.15) is 0 Å². The van der Waals surface area contributed by atoms with E-state index in [0.29, 0.717) is 5.69 Å². The first-order valence-corrected chi connectivity index (χ1v) is 6.45. The Hall–Kier alpha value is -2.67. The van der Waals surface area contributed by atoms with Crippen LogP contribution in [-0.4, -0.2) is 39.2 Å². The highest BCUT2D eigenvalue weighted by molar-refractivity contribution is 6.21. The van der Waals surface area contributed by atoms with Gasteiger partial charge in [-0.1, -0.05) is 12.1 Å². The molecule has 1 fully saturated rings. The van der Waals surface area contributed by atoms with E-state index in [1.807, 2.05) is 23.9 Å². The smallest absolute Gasteiger partial charge is 0.329 e. The Kier molecular flexibility index (Phi) is 3.19. The predicted octanol–water partition coefficient (Wildman–Crippen LogP) is 0.504. The van der Waals surface area contributed by atoms with Gasteiger partial charge in [-0.05, 0) is 12.1 Å². The summed E-state index contributed by atoms with van der Waals surface area (Å²) in [6, 6.07) is 5.59. The number of rotatable bonds is 3. The van der Waals surface area contributed by atoms with E-state index in [2.05, 4.69) is 10.3 Å². The number of aryl methyl sites for hydroxylation is 1. The first-order valence-electron chi connectivity index (χ1n) is 6.45. The molecule has 2 heterocycles. The first kappa shape index (κ1) is 13.3. The van der Waals surface area contributed by atoms with E-state index in [-0.39, 0.29) is 0 Å². The number of carbonyl (C=O) groups excluding carboxylic acids is 2. The number of imidazole rings is 1. The molecule has 1 aliphatic rings. The maximum absolute atomic E-state index is 12.1. The van der Waals surface area contributed by atoms with Crippen molar-refractivity contribution in [3.05, 3.63) is 36.7 Å². The monoisotopic (exact) mass is 286 g/mol. The number of hydrogen-bond donors (Lipinski definition) is 2. The van der Waals surface area contributed by atoms with Gasteiger partial charge in [0, 0.05) is 25.0 Å². The van der Waals surface area contributed by atoms with Crippen molar-refractivity contribution >= 4 is 17.6 Å². The lowest BCUT2D eigenvalue weighted by Crippen LogP contribution is -2.33. The Morgan fingerprint density at radius 2 is 2.19 bits per heavy atom. The molecule has 1 unspecified atom stereocenters. The Labute approximate surface area is 120 Å². The summed E-state index contributed by atoms with van der Waals surface area (Å²) in [6.45, 7) is -0.417. The average molecular weight is 286 g/mol. The molecule has 7 nitrogen and oxygen atoms in total. The lowest BCUT2D eigenvalue weighted by atomic mass is 10.1. The second kappa shape index (κ2) is 5.02. The average Bonchev–Trinajstić information content (AvgIpc) is 3.02. The number of aliphatic hydroxyl groups excluding tert-OH is 1. The zero-order chi connectivity index (χ0) is 15.0. The Bertz CT molecular complexity index is 710. The molecule has 108 valence electrons. The van der Waals surface area contributed by atoms with Crippen LogP contribution in [0.15, 0.2) is 36.7 Å². The van der Waals surface area contributed by atoms with Gasteiger partial charge in [0.15, 0.2) is 0 Å². The second-order valence-electron chi connectivity index (χ2n) is 4.77. The molecular weight excluding hydrogens is 272 g/mol. The fraction of sp³-hybridized carbons (Fsp3) is 0.214. The van der Waals surface area contributed by atoms with Gasteiger partial charge in [0.05, 0.1) is 12.3 Å². The van der Waals surface area contributed by atoms with Gasteiger partial charge in [-0.3, -0.25) is 4.79 Å². The van der Waals surface area contributed by atoms with E-state index in [1.54, 1.807) is 24.4 Å². The summed E-state index contributed by atoms with van der Waals surface area (Å²) in [5.41, 5.74) is 1.25. The molecule has 2 aromatic rings. The molecule has 1 aromatic carbocycles. The predicted molar refractivity (Wildman–Crippen MR) is 75.5 cm³/mol. The minimum absolute atomic E-state index is 0.417. The highest BCUT2D eigenvalue weighted by Gasteiger charge is 2.38. The van der Waals surface area contributed by atoms with Gasteiger partial charge < -0.3 is 15.0 Å². The molecule has 1 saturated heterocycles. The van der Waals surface area contributed by atoms with E-state index < -0.39 is 24.6 Å². The molecule has 2 N–H and O–H groups in total. The number of aromatic nitrogens is 2. The van der Waals surface area contributed by atoms with Crippen LogP contribution in [-0.2, 0) is 11.8 Å². The number of hydrogen-bond acceptors (Lipinski definition) is 4. The number of urea groups is 1. The van der Waals surface area contributed by atoms with Crippen molar-refractivity contribution < 1.29 is 14.7 Å². The Morgan fingerprint density at radius 1 is 1.38 bits per heavy atom. The first-order chi connectivity index (χ1) is 10.1. The SMILES string of the molecule is Cn1ccnc1-c1cccc(N2C(=O)NC(CO)C2=O)c1. The summed E-state index contributed by atoms with van der Waals surface area (Å²) in [4.78, 5) is 29.2. The van der Waals surface area contributed by atoms with Crippen LogP contribution in [0.25, 0.3) is 11.4 Å². The zero-order valence-electron chi connectivity index (χ0n) is 11.4. The number of aliphatic hydroxyl groups is 1. The fourth-order valence-corrected chi connectivity index (χ4v) is 2.33. The van der Waals surface area contributed by atoms with Crippen molar-refractivity contribution in [3.8, 4) is 11.4 Å². The summed E-state index contributed by atoms with van der Waals surface area (Å²) < 4.78 is 1.85. The van der Waals surface area contributed by atoms with Crippen LogP contribution in [0.3, 0.4) is 0 Å². The maximum Gasteiger partial charge on any atom is 0.329 e. The number of benzene rings is 1. The van der Waals surface area contributed by atoms with Crippen LogP contribution < -0.4 is 10.2 Å². The molecule has 7 heteroatoms. The highest BCUT2D eigenvalue weighted by Crippen LogP contribution is 2.25. The van der Waals surface area contributed by atoms with Crippen molar-refractivity contribution in [1.29, 1.82) is 0 Å². The van der Waals surface area contributed by atoms with Crippen LogP contribution in [0.4, 0.5) is 10.5 Å². The lowest BCUT2D eigenvalue weighted by molar-refractivity contribution is -0.119. The van der Waals surface area contributed by atoms with Crippen molar-refractivity contribution in [1.82, 2.24) is 14.9 Å². The lowest BCUT2D eigenvalue weighted by Gasteiger charge is -2.14. The van der Waals surface area contributed by atoms with Crippen LogP contribution in [0, 0.1) is 0 Å². The van der Waals surface area contributed by atoms with Gasteiger partial charge in [0.1, 0.15) is 11.9 Å². The molecule has 3 amide bonds. The zero-order valence-corrected chi connectivity index (χ0v) is 11.4. The summed E-state index contributed by atoms with van der Waals surface area (Å²) in [7, 11) is 1.87. The molecule has 0 spiro atoms. The standard InChI is InChI=1S/C14H14N4O3/c1-17-6-5-15-12(17)9-3-2-4-10(7-9)18-13(20)11(8-19)16-14(18)21/h2-7,11,19H,8H2,1H3,(H,16,21). The Balaban J connectivity index is 1.99. The number of anilines is 1. The minimum atomic E-state index is -0.880. The largest absolute Gasteiger partial charge is 0.394 e. The fourth-order valence-electron chi connectivity index (χ4n) is 2.33. The number of amides is 3. The van der Waals surface area contributed by atoms with E-state index in [0.717, 1.165) is 16.3 Å². The topological polar surface area (TPSA) is 87.5 Å². The summed E-state index contributed by atoms with van der Waals surface area (Å²) in [5, 5.41) is 11.5. The van der Waals surface area contributed by atoms with Gasteiger partial charge in [0.25, 0.3) is 5.91 Å². The molecule has 0 saturated carbocycles. The number of carbonyl (C=O) groups is 2. The number of imide groups is 1. The molecular formula is C14H14N4O3. The van der Waals surface area contributed by atoms with E-state index >= 15 is 0 Å². The number of nitrogens with one attached hydrogen (secondary N) is 1. The molecule has 1 atom stereocenters. The number of nitrogens with zero attached hydrogens (tertiary/aromatic N) is 3. The van der Waals surface area contributed by atoms with Crippen molar-refractivity contribution in [2.75, 3.05) is 11.5 Å². The van der Waals surface area contributed by atoms with E-state index in [1.165, 1.54) is 0 Å².